The number of hydrogen-bond acceptors (Lipinski definition) is 2. The summed E-state index contributed by atoms with van der Waals surface area (Å²) in [7, 11) is 0. The van der Waals surface area contributed by atoms with Gasteiger partial charge in [0.15, 0.2) is 5.78 Å². The highest BCUT2D eigenvalue weighted by Crippen LogP contribution is 2.06. The molecular formula is C15H13FO2. The van der Waals surface area contributed by atoms with Crippen molar-refractivity contribution in [2.75, 3.05) is 6.61 Å². The minimum atomic E-state index is -0.413. The molecule has 0 saturated heterocycles. The highest BCUT2D eigenvalue weighted by molar-refractivity contribution is 5.97. The molecule has 0 aliphatic carbocycles. The largest absolute Gasteiger partial charge is 0.369 e. The Balaban J connectivity index is 1.86. The Hall–Kier alpha value is -2.00. The number of ether oxygens (including phenoxy) is 1. The molecule has 0 atom stereocenters. The maximum Gasteiger partial charge on any atom is 0.188 e. The molecule has 0 N–H and O–H groups in total. The second-order valence-electron chi connectivity index (χ2n) is 3.91. The van der Waals surface area contributed by atoms with Crippen LogP contribution in [0.1, 0.15) is 15.9 Å². The quantitative estimate of drug-likeness (QED) is 0.755. The van der Waals surface area contributed by atoms with Crippen LogP contribution in [0.4, 0.5) is 4.39 Å². The van der Waals surface area contributed by atoms with Crippen molar-refractivity contribution in [3.63, 3.8) is 0 Å². The van der Waals surface area contributed by atoms with E-state index < -0.39 is 5.82 Å². The number of ketones is 1. The molecule has 0 aliphatic rings. The summed E-state index contributed by atoms with van der Waals surface area (Å²) in [5, 5.41) is 0. The normalized spacial score (nSPS) is 10.3. The van der Waals surface area contributed by atoms with E-state index in [2.05, 4.69) is 0 Å². The molecule has 0 aliphatic heterocycles. The topological polar surface area (TPSA) is 26.3 Å². The second-order valence-corrected chi connectivity index (χ2v) is 3.91. The number of Topliss-reactive ketones (excluding diaryl/α,β-unsaturated/α-hetero) is 1. The maximum absolute atomic E-state index is 12.9. The first-order chi connectivity index (χ1) is 8.75. The van der Waals surface area contributed by atoms with Crippen LogP contribution in [0, 0.1) is 5.82 Å². The standard InChI is InChI=1S/C15H13FO2/c16-14-8-4-7-13(9-14)15(17)11-18-10-12-5-2-1-3-6-12/h1-9H,10-11H2. The molecule has 92 valence electrons. The molecule has 0 spiro atoms. The van der Waals surface area contributed by atoms with Crippen molar-refractivity contribution in [1.82, 2.24) is 0 Å². The molecule has 0 aromatic heterocycles. The number of benzene rings is 2. The van der Waals surface area contributed by atoms with E-state index in [1.165, 1.54) is 18.2 Å². The molecule has 0 fully saturated rings. The van der Waals surface area contributed by atoms with Gasteiger partial charge in [-0.05, 0) is 17.7 Å². The molecule has 0 amide bonds. The van der Waals surface area contributed by atoms with Crippen LogP contribution in [0.3, 0.4) is 0 Å². The van der Waals surface area contributed by atoms with Crippen LogP contribution in [0.5, 0.6) is 0 Å². The molecule has 2 aromatic carbocycles. The Kier molecular flexibility index (Phi) is 4.20. The van der Waals surface area contributed by atoms with Crippen molar-refractivity contribution < 1.29 is 13.9 Å². The Morgan fingerprint density at radius 3 is 2.56 bits per heavy atom. The SMILES string of the molecule is O=C(COCc1ccccc1)c1cccc(F)c1. The molecule has 3 heteroatoms. The van der Waals surface area contributed by atoms with Crippen LogP contribution < -0.4 is 0 Å². The van der Waals surface area contributed by atoms with E-state index in [0.29, 0.717) is 12.2 Å². The van der Waals surface area contributed by atoms with Gasteiger partial charge in [-0.2, -0.15) is 0 Å². The average molecular weight is 244 g/mol. The monoisotopic (exact) mass is 244 g/mol. The van der Waals surface area contributed by atoms with Crippen LogP contribution in [0.2, 0.25) is 0 Å². The number of halogens is 1. The van der Waals surface area contributed by atoms with Gasteiger partial charge in [0, 0.05) is 5.56 Å². The van der Waals surface area contributed by atoms with Crippen LogP contribution in [-0.4, -0.2) is 12.4 Å². The first-order valence-corrected chi connectivity index (χ1v) is 5.66. The fourth-order valence-electron chi connectivity index (χ4n) is 1.58. The van der Waals surface area contributed by atoms with Crippen LogP contribution in [-0.2, 0) is 11.3 Å². The van der Waals surface area contributed by atoms with Gasteiger partial charge in [-0.15, -0.1) is 0 Å². The van der Waals surface area contributed by atoms with Gasteiger partial charge in [-0.3, -0.25) is 4.79 Å². The predicted octanol–water partition coefficient (Wildman–Crippen LogP) is 3.23. The van der Waals surface area contributed by atoms with Crippen molar-refractivity contribution in [1.29, 1.82) is 0 Å². The predicted molar refractivity (Wildman–Crippen MR) is 66.8 cm³/mol. The summed E-state index contributed by atoms with van der Waals surface area (Å²) in [4.78, 5) is 11.7. The molecular weight excluding hydrogens is 231 g/mol. The molecule has 0 radical (unpaired) electrons. The summed E-state index contributed by atoms with van der Waals surface area (Å²) in [5.74, 6) is -0.630. The zero-order chi connectivity index (χ0) is 12.8. The summed E-state index contributed by atoms with van der Waals surface area (Å²) in [6.07, 6.45) is 0. The van der Waals surface area contributed by atoms with Crippen molar-refractivity contribution in [3.8, 4) is 0 Å². The average Bonchev–Trinajstić information content (AvgIpc) is 2.40. The third-order valence-corrected chi connectivity index (χ3v) is 2.49. The molecule has 0 bridgehead atoms. The van der Waals surface area contributed by atoms with Crippen LogP contribution in [0.25, 0.3) is 0 Å². The first kappa shape index (κ1) is 12.5. The Morgan fingerprint density at radius 2 is 1.83 bits per heavy atom. The molecule has 0 saturated carbocycles. The van der Waals surface area contributed by atoms with Gasteiger partial charge in [0.1, 0.15) is 12.4 Å². The van der Waals surface area contributed by atoms with Gasteiger partial charge in [0.2, 0.25) is 0 Å². The van der Waals surface area contributed by atoms with Gasteiger partial charge in [0.25, 0.3) is 0 Å². The lowest BCUT2D eigenvalue weighted by Gasteiger charge is -2.04. The number of carbonyl (C=O) groups is 1. The highest BCUT2D eigenvalue weighted by Gasteiger charge is 2.06. The van der Waals surface area contributed by atoms with Crippen molar-refractivity contribution in [2.45, 2.75) is 6.61 Å². The molecule has 0 heterocycles. The number of hydrogen-bond donors (Lipinski definition) is 0. The van der Waals surface area contributed by atoms with Crippen LogP contribution >= 0.6 is 0 Å². The smallest absolute Gasteiger partial charge is 0.188 e. The summed E-state index contributed by atoms with van der Waals surface area (Å²) in [6, 6.07) is 15.2. The van der Waals surface area contributed by atoms with E-state index >= 15 is 0 Å². The van der Waals surface area contributed by atoms with Crippen molar-refractivity contribution >= 4 is 5.78 Å². The third-order valence-electron chi connectivity index (χ3n) is 2.49. The van der Waals surface area contributed by atoms with E-state index in [0.717, 1.165) is 5.56 Å². The minimum absolute atomic E-state index is 0.0433. The molecule has 18 heavy (non-hydrogen) atoms. The number of rotatable bonds is 5. The Bertz CT molecular complexity index is 523. The van der Waals surface area contributed by atoms with Crippen molar-refractivity contribution in [3.05, 3.63) is 71.5 Å². The Morgan fingerprint density at radius 1 is 1.06 bits per heavy atom. The van der Waals surface area contributed by atoms with Crippen LogP contribution in [0.15, 0.2) is 54.6 Å². The molecule has 2 rings (SSSR count). The molecule has 2 nitrogen and oxygen atoms in total. The lowest BCUT2D eigenvalue weighted by Crippen LogP contribution is -2.09. The van der Waals surface area contributed by atoms with Crippen molar-refractivity contribution in [2.24, 2.45) is 0 Å². The fourth-order valence-corrected chi connectivity index (χ4v) is 1.58. The maximum atomic E-state index is 12.9. The zero-order valence-corrected chi connectivity index (χ0v) is 9.80. The van der Waals surface area contributed by atoms with Gasteiger partial charge in [-0.25, -0.2) is 4.39 Å². The first-order valence-electron chi connectivity index (χ1n) is 5.66. The van der Waals surface area contributed by atoms with E-state index in [1.54, 1.807) is 6.07 Å². The van der Waals surface area contributed by atoms with E-state index in [1.807, 2.05) is 30.3 Å². The third kappa shape index (κ3) is 3.50. The second kappa shape index (κ2) is 6.07. The molecule has 0 unspecified atom stereocenters. The zero-order valence-electron chi connectivity index (χ0n) is 9.80. The van der Waals surface area contributed by atoms with Gasteiger partial charge < -0.3 is 4.74 Å². The lowest BCUT2D eigenvalue weighted by atomic mass is 10.1. The summed E-state index contributed by atoms with van der Waals surface area (Å²) >= 11 is 0. The fraction of sp³-hybridized carbons (Fsp3) is 0.133. The van der Waals surface area contributed by atoms with Gasteiger partial charge in [0.05, 0.1) is 6.61 Å². The van der Waals surface area contributed by atoms with E-state index in [4.69, 9.17) is 4.74 Å². The summed E-state index contributed by atoms with van der Waals surface area (Å²) in [5.41, 5.74) is 1.34. The van der Waals surface area contributed by atoms with E-state index in [-0.39, 0.29) is 12.4 Å². The highest BCUT2D eigenvalue weighted by atomic mass is 19.1. The minimum Gasteiger partial charge on any atom is -0.369 e. The van der Waals surface area contributed by atoms with Gasteiger partial charge >= 0.3 is 0 Å². The molecule has 2 aromatic rings. The van der Waals surface area contributed by atoms with Gasteiger partial charge in [-0.1, -0.05) is 42.5 Å². The Labute approximate surface area is 105 Å². The van der Waals surface area contributed by atoms with E-state index in [9.17, 15) is 9.18 Å². The lowest BCUT2D eigenvalue weighted by molar-refractivity contribution is 0.0726. The summed E-state index contributed by atoms with van der Waals surface area (Å²) < 4.78 is 18.2. The summed E-state index contributed by atoms with van der Waals surface area (Å²) in [6.45, 7) is 0.334. The number of carbonyl (C=O) groups excluding carboxylic acids is 1.